The maximum atomic E-state index is 11.2. The van der Waals surface area contributed by atoms with Gasteiger partial charge < -0.3 is 19.7 Å². The molecule has 5 rings (SSSR count). The first-order valence-corrected chi connectivity index (χ1v) is 14.8. The average molecular weight is 522 g/mol. The van der Waals surface area contributed by atoms with Crippen molar-refractivity contribution >= 4 is 0 Å². The Balaban J connectivity index is 1.32. The first-order valence-electron chi connectivity index (χ1n) is 14.8. The Morgan fingerprint density at radius 3 is 2.66 bits per heavy atom. The fraction of sp³-hybridized carbons (Fsp3) is 0.667. The lowest BCUT2D eigenvalue weighted by molar-refractivity contribution is 0.0705. The predicted octanol–water partition coefficient (Wildman–Crippen LogP) is 6.35. The van der Waals surface area contributed by atoms with E-state index in [4.69, 9.17) is 4.42 Å². The summed E-state index contributed by atoms with van der Waals surface area (Å²) in [7, 11) is 0. The lowest BCUT2D eigenvalue weighted by Crippen LogP contribution is -2.39. The molecule has 1 aromatic rings. The Bertz CT molecular complexity index is 1140. The van der Waals surface area contributed by atoms with Crippen molar-refractivity contribution in [3.8, 4) is 0 Å². The van der Waals surface area contributed by atoms with Crippen LogP contribution in [0.15, 0.2) is 58.3 Å². The maximum absolute atomic E-state index is 11.2. The van der Waals surface area contributed by atoms with E-state index in [-0.39, 0.29) is 16.2 Å². The molecule has 1 aromatic heterocycles. The van der Waals surface area contributed by atoms with E-state index in [1.807, 2.05) is 6.08 Å². The molecule has 4 saturated carbocycles. The number of hydrogen-bond acceptors (Lipinski definition) is 5. The van der Waals surface area contributed by atoms with Crippen LogP contribution in [0.25, 0.3) is 0 Å². The summed E-state index contributed by atoms with van der Waals surface area (Å²) in [5.41, 5.74) is 3.99. The van der Waals surface area contributed by atoms with Crippen LogP contribution in [0.1, 0.15) is 97.1 Å². The molecule has 208 valence electrons. The van der Waals surface area contributed by atoms with Crippen LogP contribution in [0.4, 0.5) is 0 Å². The zero-order valence-corrected chi connectivity index (χ0v) is 23.7. The van der Waals surface area contributed by atoms with Crippen molar-refractivity contribution in [1.29, 1.82) is 0 Å². The highest BCUT2D eigenvalue weighted by atomic mass is 16.3. The molecule has 4 aliphatic rings. The van der Waals surface area contributed by atoms with Crippen molar-refractivity contribution in [3.05, 3.63) is 65.5 Å². The van der Waals surface area contributed by atoms with Gasteiger partial charge in [0.15, 0.2) is 0 Å². The molecular weight excluding hydrogens is 474 g/mol. The highest BCUT2D eigenvalue weighted by molar-refractivity contribution is 5.39. The molecule has 0 amide bonds. The normalized spacial score (nSPS) is 36.2. The van der Waals surface area contributed by atoms with E-state index in [0.717, 1.165) is 42.5 Å². The minimum Gasteiger partial charge on any atom is -0.448 e. The van der Waals surface area contributed by atoms with Gasteiger partial charge in [0.2, 0.25) is 5.89 Å². The van der Waals surface area contributed by atoms with Crippen LogP contribution in [0.5, 0.6) is 0 Å². The molecule has 0 radical (unpaired) electrons. The van der Waals surface area contributed by atoms with Crippen LogP contribution in [0, 0.1) is 22.7 Å². The number of hydrogen-bond donors (Lipinski definition) is 3. The molecule has 0 saturated heterocycles. The van der Waals surface area contributed by atoms with E-state index in [1.54, 1.807) is 6.26 Å². The molecule has 3 N–H and O–H groups in total. The van der Waals surface area contributed by atoms with Crippen molar-refractivity contribution < 1.29 is 19.7 Å². The van der Waals surface area contributed by atoms with Crippen molar-refractivity contribution in [2.24, 2.45) is 22.7 Å². The van der Waals surface area contributed by atoms with Gasteiger partial charge in [0.25, 0.3) is 0 Å². The molecule has 0 bridgehead atoms. The van der Waals surface area contributed by atoms with Gasteiger partial charge in [0.1, 0.15) is 6.26 Å². The SMILES string of the molecule is C=C1/C(=C\C=C2/CCC[C@]3(C)[C@@H](C(C)(C)/C=C/[C@H](O)C4(c5nc(CC)co5)CC4)CC[C@@H]23)C[C@@H](O)C[C@@H]1O. The van der Waals surface area contributed by atoms with E-state index >= 15 is 0 Å². The second kappa shape index (κ2) is 10.2. The van der Waals surface area contributed by atoms with Gasteiger partial charge in [-0.1, -0.05) is 64.2 Å². The zero-order chi connectivity index (χ0) is 27.3. The first-order chi connectivity index (χ1) is 18.0. The van der Waals surface area contributed by atoms with E-state index in [9.17, 15) is 15.3 Å². The molecule has 0 aliphatic heterocycles. The van der Waals surface area contributed by atoms with Gasteiger partial charge in [-0.2, -0.15) is 0 Å². The fourth-order valence-electron chi connectivity index (χ4n) is 8.04. The molecule has 38 heavy (non-hydrogen) atoms. The van der Waals surface area contributed by atoms with Crippen LogP contribution in [-0.2, 0) is 11.8 Å². The van der Waals surface area contributed by atoms with Gasteiger partial charge >= 0.3 is 0 Å². The van der Waals surface area contributed by atoms with Crippen LogP contribution in [0.3, 0.4) is 0 Å². The van der Waals surface area contributed by atoms with Crippen LogP contribution < -0.4 is 0 Å². The van der Waals surface area contributed by atoms with Crippen molar-refractivity contribution in [1.82, 2.24) is 4.98 Å². The fourth-order valence-corrected chi connectivity index (χ4v) is 8.04. The largest absolute Gasteiger partial charge is 0.448 e. The Labute approximate surface area is 228 Å². The standard InChI is InChI=1S/C33H47NO4/c1-6-24-20-38-30(34-24)33(16-17-33)29(37)13-15-31(3,4)28-12-11-26-22(8-7-14-32(26,28)5)9-10-23-18-25(35)19-27(36)21(23)2/h9-10,13,15,20,25-29,35-37H,2,6-8,11-12,14,16-19H2,1,3-5H3/b15-13+,22-9+,23-10-/t25-,26+,27+,28-,29+,32+/m1/s1. The molecule has 6 atom stereocenters. The lowest BCUT2D eigenvalue weighted by atomic mass is 9.57. The number of aliphatic hydroxyl groups excluding tert-OH is 3. The third kappa shape index (κ3) is 4.91. The monoisotopic (exact) mass is 521 g/mol. The van der Waals surface area contributed by atoms with Crippen molar-refractivity contribution in [2.75, 3.05) is 0 Å². The number of aryl methyl sites for hydroxylation is 1. The summed E-state index contributed by atoms with van der Waals surface area (Å²) in [6.45, 7) is 13.3. The second-order valence-corrected chi connectivity index (χ2v) is 13.4. The van der Waals surface area contributed by atoms with Gasteiger partial charge in [0, 0.05) is 6.42 Å². The third-order valence-corrected chi connectivity index (χ3v) is 10.5. The maximum Gasteiger partial charge on any atom is 0.203 e. The van der Waals surface area contributed by atoms with Crippen LogP contribution >= 0.6 is 0 Å². The van der Waals surface area contributed by atoms with E-state index in [0.29, 0.717) is 30.6 Å². The van der Waals surface area contributed by atoms with Gasteiger partial charge in [-0.05, 0) is 91.6 Å². The number of aromatic nitrogens is 1. The van der Waals surface area contributed by atoms with Gasteiger partial charge in [-0.15, -0.1) is 0 Å². The van der Waals surface area contributed by atoms with Gasteiger partial charge in [-0.3, -0.25) is 0 Å². The summed E-state index contributed by atoms with van der Waals surface area (Å²) < 4.78 is 5.77. The smallest absolute Gasteiger partial charge is 0.203 e. The zero-order valence-electron chi connectivity index (χ0n) is 23.7. The number of fused-ring (bicyclic) bond motifs is 1. The Morgan fingerprint density at radius 2 is 1.97 bits per heavy atom. The first kappa shape index (κ1) is 27.6. The van der Waals surface area contributed by atoms with Crippen LogP contribution in [-0.4, -0.2) is 38.6 Å². The molecule has 5 nitrogen and oxygen atoms in total. The van der Waals surface area contributed by atoms with E-state index in [1.165, 1.54) is 31.3 Å². The number of nitrogens with zero attached hydrogens (tertiary/aromatic N) is 1. The number of aliphatic hydroxyl groups is 3. The summed E-state index contributed by atoms with van der Waals surface area (Å²) in [4.78, 5) is 4.64. The molecule has 0 unspecified atom stereocenters. The second-order valence-electron chi connectivity index (χ2n) is 13.4. The van der Waals surface area contributed by atoms with Gasteiger partial charge in [0.05, 0.1) is 29.4 Å². The Morgan fingerprint density at radius 1 is 1.21 bits per heavy atom. The average Bonchev–Trinajstić information content (AvgIpc) is 3.38. The Hall–Kier alpha value is -1.95. The van der Waals surface area contributed by atoms with Crippen LogP contribution in [0.2, 0.25) is 0 Å². The number of rotatable bonds is 7. The molecule has 0 spiro atoms. The highest BCUT2D eigenvalue weighted by Gasteiger charge is 2.55. The minimum atomic E-state index is -0.647. The quantitative estimate of drug-likeness (QED) is 0.364. The topological polar surface area (TPSA) is 86.7 Å². The summed E-state index contributed by atoms with van der Waals surface area (Å²) in [5.74, 6) is 1.75. The molecule has 4 fully saturated rings. The van der Waals surface area contributed by atoms with Crippen molar-refractivity contribution in [3.63, 3.8) is 0 Å². The molecule has 5 heteroatoms. The lowest BCUT2D eigenvalue weighted by Gasteiger charge is -2.47. The highest BCUT2D eigenvalue weighted by Crippen LogP contribution is 2.62. The van der Waals surface area contributed by atoms with Crippen molar-refractivity contribution in [2.45, 2.75) is 116 Å². The molecule has 0 aromatic carbocycles. The molecular formula is C33H47NO4. The van der Waals surface area contributed by atoms with E-state index in [2.05, 4.69) is 57.5 Å². The third-order valence-electron chi connectivity index (χ3n) is 10.5. The summed E-state index contributed by atoms with van der Waals surface area (Å²) in [6.07, 6.45) is 18.2. The number of allylic oxidation sites excluding steroid dienone is 4. The Kier molecular flexibility index (Phi) is 7.43. The summed E-state index contributed by atoms with van der Waals surface area (Å²) in [5, 5.41) is 31.6. The van der Waals surface area contributed by atoms with E-state index < -0.39 is 18.3 Å². The molecule has 4 aliphatic carbocycles. The number of oxazole rings is 1. The molecule has 1 heterocycles. The summed E-state index contributed by atoms with van der Waals surface area (Å²) in [6, 6.07) is 0. The predicted molar refractivity (Wildman–Crippen MR) is 150 cm³/mol. The minimum absolute atomic E-state index is 0.0431. The summed E-state index contributed by atoms with van der Waals surface area (Å²) >= 11 is 0. The van der Waals surface area contributed by atoms with Gasteiger partial charge in [-0.25, -0.2) is 4.98 Å².